The van der Waals surface area contributed by atoms with Crippen molar-refractivity contribution in [3.63, 3.8) is 0 Å². The van der Waals surface area contributed by atoms with Crippen molar-refractivity contribution < 1.29 is 13.6 Å². The molecule has 24 heavy (non-hydrogen) atoms. The lowest BCUT2D eigenvalue weighted by Gasteiger charge is -2.13. The summed E-state index contributed by atoms with van der Waals surface area (Å²) in [5.41, 5.74) is 1.88. The van der Waals surface area contributed by atoms with Gasteiger partial charge in [-0.25, -0.2) is 4.57 Å². The van der Waals surface area contributed by atoms with Gasteiger partial charge in [-0.15, -0.1) is 0 Å². The second-order valence-electron chi connectivity index (χ2n) is 5.77. The van der Waals surface area contributed by atoms with Gasteiger partial charge in [-0.1, -0.05) is 60.7 Å². The van der Waals surface area contributed by atoms with Crippen molar-refractivity contribution in [2.45, 2.75) is 0 Å². The van der Waals surface area contributed by atoms with Crippen LogP contribution in [-0.2, 0) is 4.57 Å². The zero-order valence-electron chi connectivity index (χ0n) is 12.7. The van der Waals surface area contributed by atoms with E-state index in [1.165, 1.54) is 0 Å². The Morgan fingerprint density at radius 1 is 0.583 bits per heavy atom. The molecule has 0 spiro atoms. The lowest BCUT2D eigenvalue weighted by atomic mass is 9.92. The van der Waals surface area contributed by atoms with Crippen LogP contribution < -0.4 is 9.05 Å². The summed E-state index contributed by atoms with van der Waals surface area (Å²) in [6.45, 7) is 0. The molecule has 0 N–H and O–H groups in total. The maximum Gasteiger partial charge on any atom is 0.419 e. The molecule has 0 amide bonds. The first-order valence-corrected chi connectivity index (χ1v) is 8.97. The van der Waals surface area contributed by atoms with Crippen LogP contribution in [0.2, 0.25) is 0 Å². The minimum absolute atomic E-state index is 0.604. The molecule has 0 aliphatic carbocycles. The molecule has 116 valence electrons. The molecule has 1 aliphatic rings. The van der Waals surface area contributed by atoms with Crippen molar-refractivity contribution in [3.8, 4) is 22.6 Å². The molecule has 0 aromatic heterocycles. The first-order valence-electron chi connectivity index (χ1n) is 7.75. The van der Waals surface area contributed by atoms with Crippen LogP contribution in [0, 0.1) is 0 Å². The Morgan fingerprint density at radius 2 is 1.04 bits per heavy atom. The van der Waals surface area contributed by atoms with Gasteiger partial charge in [-0.2, -0.15) is 0 Å². The number of hydrogen-bond acceptors (Lipinski definition) is 3. The van der Waals surface area contributed by atoms with E-state index in [1.807, 2.05) is 48.5 Å². The lowest BCUT2D eigenvalue weighted by Crippen LogP contribution is -1.87. The second-order valence-corrected chi connectivity index (χ2v) is 6.68. The van der Waals surface area contributed by atoms with Crippen molar-refractivity contribution in [1.82, 2.24) is 0 Å². The van der Waals surface area contributed by atoms with Crippen LogP contribution in [-0.4, -0.2) is 0 Å². The van der Waals surface area contributed by atoms with E-state index in [4.69, 9.17) is 9.05 Å². The number of benzene rings is 4. The van der Waals surface area contributed by atoms with E-state index in [9.17, 15) is 4.57 Å². The molecule has 0 fully saturated rings. The molecule has 4 heteroatoms. The fourth-order valence-corrected chi connectivity index (χ4v) is 4.13. The zero-order chi connectivity index (χ0) is 16.1. The van der Waals surface area contributed by atoms with Crippen LogP contribution >= 0.6 is 8.25 Å². The van der Waals surface area contributed by atoms with Crippen molar-refractivity contribution in [2.75, 3.05) is 0 Å². The summed E-state index contributed by atoms with van der Waals surface area (Å²) in [5.74, 6) is 1.21. The van der Waals surface area contributed by atoms with Gasteiger partial charge in [0.2, 0.25) is 0 Å². The Kier molecular flexibility index (Phi) is 2.91. The van der Waals surface area contributed by atoms with E-state index in [0.717, 1.165) is 32.7 Å². The SMILES string of the molecule is O=[PH]1Oc2ccc3ccccc3c2-c2c(ccc3ccccc23)O1. The Bertz CT molecular complexity index is 1040. The summed E-state index contributed by atoms with van der Waals surface area (Å²) in [4.78, 5) is 0. The fraction of sp³-hybridized carbons (Fsp3) is 0. The number of hydrogen-bond donors (Lipinski definition) is 0. The van der Waals surface area contributed by atoms with E-state index < -0.39 is 8.25 Å². The van der Waals surface area contributed by atoms with Crippen LogP contribution in [0.5, 0.6) is 11.5 Å². The minimum atomic E-state index is -2.64. The molecule has 4 aromatic rings. The molecule has 1 aliphatic heterocycles. The van der Waals surface area contributed by atoms with Crippen LogP contribution in [0.3, 0.4) is 0 Å². The van der Waals surface area contributed by atoms with Gasteiger partial charge in [0.15, 0.2) is 0 Å². The standard InChI is InChI=1S/C20H13O3P/c21-24-22-17-11-9-13-5-1-3-7-15(13)19(17)20-16-8-4-2-6-14(16)10-12-18(20)23-24/h1-12,24H. The maximum atomic E-state index is 12.2. The number of rotatable bonds is 0. The summed E-state index contributed by atoms with van der Waals surface area (Å²) in [6, 6.07) is 24.0. The molecule has 4 aromatic carbocycles. The topological polar surface area (TPSA) is 35.5 Å². The maximum absolute atomic E-state index is 12.2. The van der Waals surface area contributed by atoms with Crippen molar-refractivity contribution >= 4 is 29.8 Å². The monoisotopic (exact) mass is 332 g/mol. The molecule has 0 atom stereocenters. The van der Waals surface area contributed by atoms with Gasteiger partial charge in [0.05, 0.1) is 0 Å². The van der Waals surface area contributed by atoms with Gasteiger partial charge < -0.3 is 9.05 Å². The van der Waals surface area contributed by atoms with E-state index in [0.29, 0.717) is 11.5 Å². The molecule has 1 heterocycles. The van der Waals surface area contributed by atoms with Gasteiger partial charge in [0.25, 0.3) is 0 Å². The van der Waals surface area contributed by atoms with E-state index in [2.05, 4.69) is 24.3 Å². The number of fused-ring (bicyclic) bond motifs is 7. The summed E-state index contributed by atoms with van der Waals surface area (Å²) < 4.78 is 23.5. The molecular weight excluding hydrogens is 319 g/mol. The van der Waals surface area contributed by atoms with Gasteiger partial charge in [-0.3, -0.25) is 0 Å². The predicted octanol–water partition coefficient (Wildman–Crippen LogP) is 5.82. The third-order valence-electron chi connectivity index (χ3n) is 4.42. The van der Waals surface area contributed by atoms with E-state index in [1.54, 1.807) is 0 Å². The Labute approximate surface area is 139 Å². The highest BCUT2D eigenvalue weighted by Gasteiger charge is 2.24. The predicted molar refractivity (Wildman–Crippen MR) is 97.1 cm³/mol. The second kappa shape index (κ2) is 5.12. The first kappa shape index (κ1) is 13.6. The first-order chi connectivity index (χ1) is 11.8. The van der Waals surface area contributed by atoms with Crippen LogP contribution in [0.25, 0.3) is 32.7 Å². The summed E-state index contributed by atoms with van der Waals surface area (Å²) >= 11 is 0. The molecule has 0 saturated carbocycles. The third kappa shape index (κ3) is 1.95. The van der Waals surface area contributed by atoms with Gasteiger partial charge in [0.1, 0.15) is 11.5 Å². The highest BCUT2D eigenvalue weighted by Crippen LogP contribution is 2.51. The fourth-order valence-electron chi connectivity index (χ4n) is 3.39. The third-order valence-corrected chi connectivity index (χ3v) is 5.19. The summed E-state index contributed by atoms with van der Waals surface area (Å²) in [6.07, 6.45) is 0. The molecule has 0 unspecified atom stereocenters. The van der Waals surface area contributed by atoms with Gasteiger partial charge >= 0.3 is 8.25 Å². The smallest absolute Gasteiger partial charge is 0.417 e. The summed E-state index contributed by atoms with van der Waals surface area (Å²) in [7, 11) is -2.64. The molecular formula is C20H13O3P. The Balaban J connectivity index is 2.02. The van der Waals surface area contributed by atoms with Crippen LogP contribution in [0.4, 0.5) is 0 Å². The van der Waals surface area contributed by atoms with Crippen molar-refractivity contribution in [1.29, 1.82) is 0 Å². The van der Waals surface area contributed by atoms with Crippen molar-refractivity contribution in [3.05, 3.63) is 72.8 Å². The largest absolute Gasteiger partial charge is 0.419 e. The lowest BCUT2D eigenvalue weighted by molar-refractivity contribution is 0.421. The normalized spacial score (nSPS) is 13.7. The van der Waals surface area contributed by atoms with E-state index in [-0.39, 0.29) is 0 Å². The van der Waals surface area contributed by atoms with Gasteiger partial charge in [-0.05, 0) is 33.7 Å². The average Bonchev–Trinajstić information content (AvgIpc) is 2.77. The molecule has 3 nitrogen and oxygen atoms in total. The van der Waals surface area contributed by atoms with Crippen molar-refractivity contribution in [2.24, 2.45) is 0 Å². The minimum Gasteiger partial charge on any atom is -0.417 e. The molecule has 0 saturated heterocycles. The van der Waals surface area contributed by atoms with Gasteiger partial charge in [0, 0.05) is 11.1 Å². The molecule has 0 bridgehead atoms. The van der Waals surface area contributed by atoms with E-state index >= 15 is 0 Å². The highest BCUT2D eigenvalue weighted by molar-refractivity contribution is 7.34. The van der Waals surface area contributed by atoms with Crippen LogP contribution in [0.1, 0.15) is 0 Å². The quantitative estimate of drug-likeness (QED) is 0.381. The summed E-state index contributed by atoms with van der Waals surface area (Å²) in [5, 5.41) is 4.35. The molecule has 5 rings (SSSR count). The average molecular weight is 332 g/mol. The Morgan fingerprint density at radius 3 is 1.54 bits per heavy atom. The zero-order valence-corrected chi connectivity index (χ0v) is 13.7. The molecule has 0 radical (unpaired) electrons. The van der Waals surface area contributed by atoms with Crippen LogP contribution in [0.15, 0.2) is 72.8 Å². The highest BCUT2D eigenvalue weighted by atomic mass is 31.1. The Hall–Kier alpha value is -2.77.